The number of amides is 3. The van der Waals surface area contributed by atoms with Crippen molar-refractivity contribution in [2.45, 2.75) is 66.0 Å². The molecule has 0 aromatic heterocycles. The number of carbonyl (C=O) groups is 3. The SMILES string of the molecule is CCC(C)(C)NC(=O)c1ccc2c(c1)N(CC(=O)Nc1cccc(C)c1C)C(=O)C(C)(C)O2. The summed E-state index contributed by atoms with van der Waals surface area (Å²) in [6, 6.07) is 10.6. The first kappa shape index (κ1) is 24.3. The van der Waals surface area contributed by atoms with E-state index in [1.807, 2.05) is 52.8 Å². The quantitative estimate of drug-likeness (QED) is 0.683. The molecule has 0 fully saturated rings. The lowest BCUT2D eigenvalue weighted by atomic mass is 10.00. The molecular weight excluding hydrogens is 418 g/mol. The largest absolute Gasteiger partial charge is 0.476 e. The van der Waals surface area contributed by atoms with Crippen LogP contribution in [-0.4, -0.2) is 35.4 Å². The van der Waals surface area contributed by atoms with Crippen molar-refractivity contribution in [3.8, 4) is 5.75 Å². The van der Waals surface area contributed by atoms with E-state index >= 15 is 0 Å². The summed E-state index contributed by atoms with van der Waals surface area (Å²) < 4.78 is 5.90. The van der Waals surface area contributed by atoms with E-state index in [1.54, 1.807) is 32.0 Å². The Morgan fingerprint density at radius 3 is 2.48 bits per heavy atom. The number of nitrogens with one attached hydrogen (secondary N) is 2. The van der Waals surface area contributed by atoms with Gasteiger partial charge in [0, 0.05) is 16.8 Å². The lowest BCUT2D eigenvalue weighted by molar-refractivity contribution is -0.133. The first-order valence-corrected chi connectivity index (χ1v) is 11.2. The van der Waals surface area contributed by atoms with Crippen LogP contribution in [0.2, 0.25) is 0 Å². The minimum absolute atomic E-state index is 0.197. The molecule has 2 N–H and O–H groups in total. The van der Waals surface area contributed by atoms with Crippen molar-refractivity contribution in [2.24, 2.45) is 0 Å². The first-order chi connectivity index (χ1) is 15.3. The van der Waals surface area contributed by atoms with Crippen molar-refractivity contribution in [1.82, 2.24) is 5.32 Å². The van der Waals surface area contributed by atoms with Gasteiger partial charge in [-0.15, -0.1) is 0 Å². The summed E-state index contributed by atoms with van der Waals surface area (Å²) in [4.78, 5) is 40.3. The van der Waals surface area contributed by atoms with E-state index in [1.165, 1.54) is 4.90 Å². The second-order valence-electron chi connectivity index (χ2n) is 9.67. The summed E-state index contributed by atoms with van der Waals surface area (Å²) in [5.74, 6) is -0.479. The normalized spacial score (nSPS) is 14.9. The molecule has 0 bridgehead atoms. The van der Waals surface area contributed by atoms with E-state index in [-0.39, 0.29) is 29.8 Å². The van der Waals surface area contributed by atoms with E-state index in [0.29, 0.717) is 22.7 Å². The van der Waals surface area contributed by atoms with Crippen LogP contribution in [0.25, 0.3) is 0 Å². The van der Waals surface area contributed by atoms with E-state index < -0.39 is 5.60 Å². The minimum atomic E-state index is -1.14. The zero-order valence-corrected chi connectivity index (χ0v) is 20.5. The van der Waals surface area contributed by atoms with E-state index in [2.05, 4.69) is 10.6 Å². The van der Waals surface area contributed by atoms with Crippen molar-refractivity contribution in [3.05, 3.63) is 53.1 Å². The molecule has 0 radical (unpaired) electrons. The highest BCUT2D eigenvalue weighted by Gasteiger charge is 2.42. The van der Waals surface area contributed by atoms with Gasteiger partial charge in [-0.05, 0) is 83.4 Å². The van der Waals surface area contributed by atoms with Crippen molar-refractivity contribution >= 4 is 29.1 Å². The third kappa shape index (κ3) is 5.18. The average molecular weight is 452 g/mol. The fourth-order valence-corrected chi connectivity index (χ4v) is 3.55. The Labute approximate surface area is 195 Å². The lowest BCUT2D eigenvalue weighted by Gasteiger charge is -2.38. The number of hydrogen-bond donors (Lipinski definition) is 2. The molecule has 2 aromatic carbocycles. The van der Waals surface area contributed by atoms with Gasteiger partial charge >= 0.3 is 0 Å². The summed E-state index contributed by atoms with van der Waals surface area (Å²) >= 11 is 0. The smallest absolute Gasteiger partial charge is 0.271 e. The molecule has 1 aliphatic heterocycles. The van der Waals surface area contributed by atoms with Crippen LogP contribution in [0.3, 0.4) is 0 Å². The molecule has 2 aromatic rings. The fraction of sp³-hybridized carbons (Fsp3) is 0.423. The third-order valence-corrected chi connectivity index (χ3v) is 6.15. The summed E-state index contributed by atoms with van der Waals surface area (Å²) in [5, 5.41) is 5.89. The monoisotopic (exact) mass is 451 g/mol. The summed E-state index contributed by atoms with van der Waals surface area (Å²) in [5.41, 5.74) is 2.02. The molecule has 1 aliphatic rings. The molecule has 0 saturated carbocycles. The van der Waals surface area contributed by atoms with E-state index in [4.69, 9.17) is 4.74 Å². The van der Waals surface area contributed by atoms with Gasteiger partial charge in [0.15, 0.2) is 5.60 Å². The molecule has 3 amide bonds. The third-order valence-electron chi connectivity index (χ3n) is 6.15. The molecule has 1 heterocycles. The van der Waals surface area contributed by atoms with Gasteiger partial charge in [0.05, 0.1) is 5.69 Å². The Balaban J connectivity index is 1.91. The van der Waals surface area contributed by atoms with E-state index in [9.17, 15) is 14.4 Å². The van der Waals surface area contributed by atoms with Crippen LogP contribution in [0.1, 0.15) is 62.5 Å². The molecule has 0 atom stereocenters. The van der Waals surface area contributed by atoms with Gasteiger partial charge in [0.25, 0.3) is 11.8 Å². The Bertz CT molecular complexity index is 1100. The molecule has 7 heteroatoms. The fourth-order valence-electron chi connectivity index (χ4n) is 3.55. The molecule has 7 nitrogen and oxygen atoms in total. The predicted octanol–water partition coefficient (Wildman–Crippen LogP) is 4.36. The van der Waals surface area contributed by atoms with Crippen LogP contribution in [0.5, 0.6) is 5.75 Å². The number of hydrogen-bond acceptors (Lipinski definition) is 4. The van der Waals surface area contributed by atoms with Crippen molar-refractivity contribution < 1.29 is 19.1 Å². The standard InChI is InChI=1S/C26H33N3O4/c1-8-25(4,5)28-23(31)18-12-13-21-20(14-18)29(24(32)26(6,7)33-21)15-22(30)27-19-11-9-10-16(2)17(19)3/h9-14H,8,15H2,1-7H3,(H,27,30)(H,28,31). The topological polar surface area (TPSA) is 87.7 Å². The molecule has 0 unspecified atom stereocenters. The van der Waals surface area contributed by atoms with Crippen LogP contribution >= 0.6 is 0 Å². The van der Waals surface area contributed by atoms with Crippen LogP contribution < -0.4 is 20.3 Å². The molecule has 3 rings (SSSR count). The van der Waals surface area contributed by atoms with Gasteiger partial charge in [0.1, 0.15) is 12.3 Å². The number of ether oxygens (including phenoxy) is 1. The summed E-state index contributed by atoms with van der Waals surface area (Å²) in [6.07, 6.45) is 0.768. The van der Waals surface area contributed by atoms with Crippen molar-refractivity contribution in [1.29, 1.82) is 0 Å². The maximum absolute atomic E-state index is 13.2. The van der Waals surface area contributed by atoms with Gasteiger partial charge in [-0.25, -0.2) is 0 Å². The first-order valence-electron chi connectivity index (χ1n) is 11.2. The minimum Gasteiger partial charge on any atom is -0.476 e. The molecule has 0 aliphatic carbocycles. The van der Waals surface area contributed by atoms with Gasteiger partial charge in [-0.1, -0.05) is 19.1 Å². The summed E-state index contributed by atoms with van der Waals surface area (Å²) in [6.45, 7) is 12.9. The highest BCUT2D eigenvalue weighted by Crippen LogP contribution is 2.38. The zero-order valence-electron chi connectivity index (χ0n) is 20.5. The number of fused-ring (bicyclic) bond motifs is 1. The maximum atomic E-state index is 13.2. The van der Waals surface area contributed by atoms with Gasteiger partial charge < -0.3 is 15.4 Å². The van der Waals surface area contributed by atoms with Crippen LogP contribution in [-0.2, 0) is 9.59 Å². The Kier molecular flexibility index (Phi) is 6.54. The zero-order chi connectivity index (χ0) is 24.6. The van der Waals surface area contributed by atoms with Crippen LogP contribution in [0, 0.1) is 13.8 Å². The predicted molar refractivity (Wildman–Crippen MR) is 130 cm³/mol. The second kappa shape index (κ2) is 8.89. The van der Waals surface area contributed by atoms with Crippen LogP contribution in [0.15, 0.2) is 36.4 Å². The number of carbonyl (C=O) groups excluding carboxylic acids is 3. The van der Waals surface area contributed by atoms with Gasteiger partial charge in [-0.2, -0.15) is 0 Å². The molecule has 0 spiro atoms. The molecule has 0 saturated heterocycles. The lowest BCUT2D eigenvalue weighted by Crippen LogP contribution is -2.54. The number of rotatable bonds is 6. The average Bonchev–Trinajstić information content (AvgIpc) is 2.74. The van der Waals surface area contributed by atoms with Crippen molar-refractivity contribution in [3.63, 3.8) is 0 Å². The number of nitrogens with zero attached hydrogens (tertiary/aromatic N) is 1. The summed E-state index contributed by atoms with van der Waals surface area (Å²) in [7, 11) is 0. The van der Waals surface area contributed by atoms with Gasteiger partial charge in [-0.3, -0.25) is 19.3 Å². The highest BCUT2D eigenvalue weighted by molar-refractivity contribution is 6.09. The molecule has 176 valence electrons. The molecular formula is C26H33N3O4. The van der Waals surface area contributed by atoms with Crippen LogP contribution in [0.4, 0.5) is 11.4 Å². The molecule has 33 heavy (non-hydrogen) atoms. The van der Waals surface area contributed by atoms with Crippen molar-refractivity contribution in [2.75, 3.05) is 16.8 Å². The number of benzene rings is 2. The number of anilines is 2. The Hall–Kier alpha value is -3.35. The number of aryl methyl sites for hydroxylation is 1. The Morgan fingerprint density at radius 1 is 1.12 bits per heavy atom. The maximum Gasteiger partial charge on any atom is 0.271 e. The van der Waals surface area contributed by atoms with Gasteiger partial charge in [0.2, 0.25) is 5.91 Å². The Morgan fingerprint density at radius 2 is 1.82 bits per heavy atom. The second-order valence-corrected chi connectivity index (χ2v) is 9.67. The van der Waals surface area contributed by atoms with E-state index in [0.717, 1.165) is 17.5 Å². The highest BCUT2D eigenvalue weighted by atomic mass is 16.5.